The van der Waals surface area contributed by atoms with E-state index in [2.05, 4.69) is 41.2 Å². The third-order valence-corrected chi connectivity index (χ3v) is 2.42. The molecule has 0 unspecified atom stereocenters. The highest BCUT2D eigenvalue weighted by atomic mass is 15.0. The van der Waals surface area contributed by atoms with Crippen molar-refractivity contribution in [1.82, 2.24) is 14.9 Å². The van der Waals surface area contributed by atoms with Crippen molar-refractivity contribution in [3.8, 4) is 0 Å². The molecule has 0 radical (unpaired) electrons. The molecule has 4 heteroatoms. The van der Waals surface area contributed by atoms with E-state index < -0.39 is 0 Å². The molecule has 90 valence electrons. The lowest BCUT2D eigenvalue weighted by Gasteiger charge is -2.09. The van der Waals surface area contributed by atoms with E-state index in [1.807, 2.05) is 6.07 Å². The fourth-order valence-electron chi connectivity index (χ4n) is 1.46. The van der Waals surface area contributed by atoms with Crippen LogP contribution in [0.5, 0.6) is 0 Å². The van der Waals surface area contributed by atoms with Gasteiger partial charge in [-0.2, -0.15) is 0 Å². The van der Waals surface area contributed by atoms with Crippen molar-refractivity contribution in [1.29, 1.82) is 0 Å². The summed E-state index contributed by atoms with van der Waals surface area (Å²) in [6.07, 6.45) is 4.97. The largest absolute Gasteiger partial charge is 0.370 e. The van der Waals surface area contributed by atoms with Gasteiger partial charge in [0.1, 0.15) is 12.1 Å². The Morgan fingerprint density at radius 1 is 1.25 bits per heavy atom. The molecular weight excluding hydrogens is 200 g/mol. The molecule has 0 saturated heterocycles. The highest BCUT2D eigenvalue weighted by Gasteiger charge is 1.96. The summed E-state index contributed by atoms with van der Waals surface area (Å²) in [4.78, 5) is 10.6. The second-order valence-corrected chi connectivity index (χ2v) is 4.19. The first kappa shape index (κ1) is 12.9. The van der Waals surface area contributed by atoms with Crippen molar-refractivity contribution in [2.45, 2.75) is 26.2 Å². The van der Waals surface area contributed by atoms with Crippen LogP contribution in [0.1, 0.15) is 25.5 Å². The topological polar surface area (TPSA) is 41.0 Å². The quantitative estimate of drug-likeness (QED) is 0.714. The van der Waals surface area contributed by atoms with E-state index in [0.717, 1.165) is 31.0 Å². The summed E-state index contributed by atoms with van der Waals surface area (Å²) in [6, 6.07) is 2.02. The predicted molar refractivity (Wildman–Crippen MR) is 67.7 cm³/mol. The zero-order valence-corrected chi connectivity index (χ0v) is 10.5. The summed E-state index contributed by atoms with van der Waals surface area (Å²) in [7, 11) is 4.21. The fourth-order valence-corrected chi connectivity index (χ4v) is 1.46. The van der Waals surface area contributed by atoms with E-state index in [1.54, 1.807) is 6.33 Å². The first-order valence-corrected chi connectivity index (χ1v) is 5.92. The van der Waals surface area contributed by atoms with Gasteiger partial charge in [-0.1, -0.05) is 6.92 Å². The van der Waals surface area contributed by atoms with Crippen LogP contribution in [-0.4, -0.2) is 42.1 Å². The number of aryl methyl sites for hydroxylation is 1. The van der Waals surface area contributed by atoms with E-state index in [-0.39, 0.29) is 0 Å². The first-order chi connectivity index (χ1) is 7.72. The SMILES string of the molecule is CCc1cc(NCCCCN(C)C)ncn1. The lowest BCUT2D eigenvalue weighted by atomic mass is 10.3. The molecule has 0 saturated carbocycles. The van der Waals surface area contributed by atoms with Crippen LogP contribution < -0.4 is 5.32 Å². The standard InChI is InChI=1S/C12H22N4/c1-4-11-9-12(15-10-14-11)13-7-5-6-8-16(2)3/h9-10H,4-8H2,1-3H3,(H,13,14,15). The van der Waals surface area contributed by atoms with Gasteiger partial charge in [0.15, 0.2) is 0 Å². The number of rotatable bonds is 7. The number of aromatic nitrogens is 2. The molecule has 1 rings (SSSR count). The molecule has 1 N–H and O–H groups in total. The molecule has 4 nitrogen and oxygen atoms in total. The van der Waals surface area contributed by atoms with Gasteiger partial charge in [0.25, 0.3) is 0 Å². The molecule has 0 aliphatic carbocycles. The van der Waals surface area contributed by atoms with E-state index >= 15 is 0 Å². The third kappa shape index (κ3) is 5.07. The average molecular weight is 222 g/mol. The molecular formula is C12H22N4. The molecule has 16 heavy (non-hydrogen) atoms. The molecule has 1 aromatic rings. The molecule has 0 amide bonds. The molecule has 0 bridgehead atoms. The van der Waals surface area contributed by atoms with Gasteiger partial charge in [0, 0.05) is 18.3 Å². The molecule has 0 atom stereocenters. The highest BCUT2D eigenvalue weighted by Crippen LogP contribution is 2.04. The molecule has 0 aliphatic rings. The maximum Gasteiger partial charge on any atom is 0.129 e. The minimum Gasteiger partial charge on any atom is -0.370 e. The van der Waals surface area contributed by atoms with Crippen molar-refractivity contribution < 1.29 is 0 Å². The number of anilines is 1. The van der Waals surface area contributed by atoms with E-state index in [1.165, 1.54) is 12.8 Å². The van der Waals surface area contributed by atoms with Crippen molar-refractivity contribution >= 4 is 5.82 Å². The summed E-state index contributed by atoms with van der Waals surface area (Å²) in [5, 5.41) is 3.32. The highest BCUT2D eigenvalue weighted by molar-refractivity contribution is 5.34. The van der Waals surface area contributed by atoms with Gasteiger partial charge in [-0.25, -0.2) is 9.97 Å². The normalized spacial score (nSPS) is 10.8. The van der Waals surface area contributed by atoms with E-state index in [9.17, 15) is 0 Å². The smallest absolute Gasteiger partial charge is 0.129 e. The summed E-state index contributed by atoms with van der Waals surface area (Å²) >= 11 is 0. The Labute approximate surface area is 98.1 Å². The van der Waals surface area contributed by atoms with Gasteiger partial charge in [-0.05, 0) is 39.9 Å². The Morgan fingerprint density at radius 3 is 2.75 bits per heavy atom. The van der Waals surface area contributed by atoms with E-state index in [0.29, 0.717) is 0 Å². The van der Waals surface area contributed by atoms with Crippen LogP contribution in [0.4, 0.5) is 5.82 Å². The molecule has 0 fully saturated rings. The second kappa shape index (κ2) is 7.17. The Balaban J connectivity index is 2.21. The number of nitrogens with one attached hydrogen (secondary N) is 1. The van der Waals surface area contributed by atoms with Gasteiger partial charge < -0.3 is 10.2 Å². The number of nitrogens with zero attached hydrogens (tertiary/aromatic N) is 3. The zero-order chi connectivity index (χ0) is 11.8. The van der Waals surface area contributed by atoms with Gasteiger partial charge in [-0.3, -0.25) is 0 Å². The Morgan fingerprint density at radius 2 is 2.06 bits per heavy atom. The second-order valence-electron chi connectivity index (χ2n) is 4.19. The van der Waals surface area contributed by atoms with Crippen molar-refractivity contribution in [3.05, 3.63) is 18.1 Å². The molecule has 1 aromatic heterocycles. The number of hydrogen-bond donors (Lipinski definition) is 1. The minimum atomic E-state index is 0.941. The molecule has 0 aliphatic heterocycles. The summed E-state index contributed by atoms with van der Waals surface area (Å²) < 4.78 is 0. The summed E-state index contributed by atoms with van der Waals surface area (Å²) in [5.74, 6) is 0.941. The average Bonchev–Trinajstić information content (AvgIpc) is 2.28. The maximum atomic E-state index is 4.19. The van der Waals surface area contributed by atoms with Gasteiger partial charge in [0.05, 0.1) is 0 Å². The van der Waals surface area contributed by atoms with Crippen LogP contribution >= 0.6 is 0 Å². The fraction of sp³-hybridized carbons (Fsp3) is 0.667. The van der Waals surface area contributed by atoms with Crippen LogP contribution in [0.2, 0.25) is 0 Å². The Hall–Kier alpha value is -1.16. The predicted octanol–water partition coefficient (Wildman–Crippen LogP) is 1.79. The Bertz CT molecular complexity index is 299. The first-order valence-electron chi connectivity index (χ1n) is 5.92. The van der Waals surface area contributed by atoms with Crippen molar-refractivity contribution in [2.24, 2.45) is 0 Å². The van der Waals surface area contributed by atoms with Crippen LogP contribution in [0.15, 0.2) is 12.4 Å². The van der Waals surface area contributed by atoms with Crippen molar-refractivity contribution in [2.75, 3.05) is 32.5 Å². The molecule has 0 aromatic carbocycles. The summed E-state index contributed by atoms with van der Waals surface area (Å²) in [6.45, 7) is 4.23. The molecule has 0 spiro atoms. The van der Waals surface area contributed by atoms with Gasteiger partial charge in [-0.15, -0.1) is 0 Å². The zero-order valence-electron chi connectivity index (χ0n) is 10.5. The van der Waals surface area contributed by atoms with Gasteiger partial charge in [0.2, 0.25) is 0 Å². The Kier molecular flexibility index (Phi) is 5.78. The lowest BCUT2D eigenvalue weighted by Crippen LogP contribution is -2.14. The van der Waals surface area contributed by atoms with Crippen LogP contribution in [-0.2, 0) is 6.42 Å². The number of unbranched alkanes of at least 4 members (excludes halogenated alkanes) is 1. The minimum absolute atomic E-state index is 0.941. The number of hydrogen-bond acceptors (Lipinski definition) is 4. The van der Waals surface area contributed by atoms with E-state index in [4.69, 9.17) is 0 Å². The monoisotopic (exact) mass is 222 g/mol. The maximum absolute atomic E-state index is 4.19. The third-order valence-electron chi connectivity index (χ3n) is 2.42. The lowest BCUT2D eigenvalue weighted by molar-refractivity contribution is 0.396. The van der Waals surface area contributed by atoms with Gasteiger partial charge >= 0.3 is 0 Å². The van der Waals surface area contributed by atoms with Crippen LogP contribution in [0.3, 0.4) is 0 Å². The van der Waals surface area contributed by atoms with Crippen LogP contribution in [0.25, 0.3) is 0 Å². The summed E-state index contributed by atoms with van der Waals surface area (Å²) in [5.41, 5.74) is 1.09. The molecule has 1 heterocycles. The van der Waals surface area contributed by atoms with Crippen molar-refractivity contribution in [3.63, 3.8) is 0 Å². The van der Waals surface area contributed by atoms with Crippen LogP contribution in [0, 0.1) is 0 Å².